The smallest absolute Gasteiger partial charge is 0.352 e. The summed E-state index contributed by atoms with van der Waals surface area (Å²) in [6.45, 7) is 4.40. The molecule has 5 nitrogen and oxygen atoms in total. The largest absolute Gasteiger partial charge is 0.546 e. The maximum absolute atomic E-state index is 5.27. The summed E-state index contributed by atoms with van der Waals surface area (Å²) in [6.07, 6.45) is 1.60. The monoisotopic (exact) mass is 476 g/mol. The zero-order valence-electron chi connectivity index (χ0n) is 10.1. The number of hydrogen-bond acceptors (Lipinski definition) is 4. The molecule has 0 radical (unpaired) electrons. The summed E-state index contributed by atoms with van der Waals surface area (Å²) >= 11 is 0. The molecule has 0 bridgehead atoms. The van der Waals surface area contributed by atoms with Crippen LogP contribution in [0.3, 0.4) is 0 Å². The van der Waals surface area contributed by atoms with E-state index in [1.54, 1.807) is 11.0 Å². The molecular formula is C10H15N4OPU. The molecule has 2 rings (SSSR count). The van der Waals surface area contributed by atoms with Crippen LogP contribution in [0.25, 0.3) is 0 Å². The van der Waals surface area contributed by atoms with Gasteiger partial charge in [0, 0.05) is 44.6 Å². The van der Waals surface area contributed by atoms with Gasteiger partial charge in [0.25, 0.3) is 0 Å². The SMILES string of the molecule is Cc1nc(C)c2c(n1)[N+](C)=NC2CO[CH-]P.[U]. The summed E-state index contributed by atoms with van der Waals surface area (Å²) < 4.78 is 7.07. The average Bonchev–Trinajstić information content (AvgIpc) is 2.53. The van der Waals surface area contributed by atoms with Crippen molar-refractivity contribution >= 4 is 15.1 Å². The standard InChI is InChI=1S/C10H15N4OP.U/c1-6-9-8(4-15-5-16)13-14(3)10(9)12-7(2)11-6;/h5,8H,4,16H2,1-3H3;. The molecule has 1 aliphatic heterocycles. The quantitative estimate of drug-likeness (QED) is 0.381. The molecule has 17 heavy (non-hydrogen) atoms. The van der Waals surface area contributed by atoms with Crippen molar-refractivity contribution in [2.75, 3.05) is 13.7 Å². The Morgan fingerprint density at radius 2 is 2.12 bits per heavy atom. The van der Waals surface area contributed by atoms with Gasteiger partial charge < -0.3 is 4.74 Å². The number of aromatic nitrogens is 2. The van der Waals surface area contributed by atoms with Crippen LogP contribution >= 0.6 is 9.24 Å². The number of nitrogens with zero attached hydrogens (tertiary/aromatic N) is 4. The van der Waals surface area contributed by atoms with Gasteiger partial charge in [-0.05, 0) is 11.9 Å². The first-order valence-electron chi connectivity index (χ1n) is 5.08. The zero-order valence-corrected chi connectivity index (χ0v) is 15.5. The molecule has 0 aromatic carbocycles. The third-order valence-corrected chi connectivity index (χ3v) is 2.72. The predicted molar refractivity (Wildman–Crippen MR) is 62.5 cm³/mol. The minimum absolute atomic E-state index is 0. The van der Waals surface area contributed by atoms with E-state index < -0.39 is 0 Å². The minimum Gasteiger partial charge on any atom is -0.546 e. The molecule has 0 amide bonds. The fraction of sp³-hybridized carbons (Fsp3) is 0.500. The van der Waals surface area contributed by atoms with E-state index in [1.807, 2.05) is 20.9 Å². The summed E-state index contributed by atoms with van der Waals surface area (Å²) in [5.41, 5.74) is 2.05. The van der Waals surface area contributed by atoms with Gasteiger partial charge in [-0.3, -0.25) is 9.24 Å². The molecule has 7 heteroatoms. The van der Waals surface area contributed by atoms with E-state index >= 15 is 0 Å². The van der Waals surface area contributed by atoms with Crippen LogP contribution in [0.15, 0.2) is 5.11 Å². The molecule has 1 aromatic heterocycles. The number of ether oxygens (including phenoxy) is 1. The van der Waals surface area contributed by atoms with Gasteiger partial charge in [0.05, 0.1) is 11.3 Å². The maximum Gasteiger partial charge on any atom is 0.352 e. The number of fused-ring (bicyclic) bond motifs is 1. The van der Waals surface area contributed by atoms with Crippen LogP contribution in [0.4, 0.5) is 5.82 Å². The van der Waals surface area contributed by atoms with E-state index in [9.17, 15) is 0 Å². The molecule has 2 heterocycles. The van der Waals surface area contributed by atoms with E-state index in [4.69, 9.17) is 4.74 Å². The second-order valence-corrected chi connectivity index (χ2v) is 3.99. The third kappa shape index (κ3) is 3.12. The first-order valence-corrected chi connectivity index (χ1v) is 5.74. The summed E-state index contributed by atoms with van der Waals surface area (Å²) in [5.74, 6) is 1.67. The first kappa shape index (κ1) is 15.2. The van der Waals surface area contributed by atoms with E-state index in [1.165, 1.54) is 0 Å². The molecule has 1 aliphatic rings. The number of rotatable bonds is 3. The molecule has 0 aliphatic carbocycles. The Morgan fingerprint density at radius 3 is 2.76 bits per heavy atom. The van der Waals surface area contributed by atoms with Gasteiger partial charge in [0.1, 0.15) is 13.1 Å². The van der Waals surface area contributed by atoms with E-state index in [-0.39, 0.29) is 37.2 Å². The van der Waals surface area contributed by atoms with E-state index in [0.29, 0.717) is 6.61 Å². The second-order valence-electron chi connectivity index (χ2n) is 3.72. The van der Waals surface area contributed by atoms with Gasteiger partial charge in [0.2, 0.25) is 5.82 Å². The van der Waals surface area contributed by atoms with E-state index in [0.717, 1.165) is 22.9 Å². The molecule has 90 valence electrons. The minimum atomic E-state index is -0.00241. The number of azo groups is 2. The summed E-state index contributed by atoms with van der Waals surface area (Å²) in [4.78, 5) is 8.77. The van der Waals surface area contributed by atoms with Crippen molar-refractivity contribution in [2.45, 2.75) is 19.9 Å². The van der Waals surface area contributed by atoms with Crippen molar-refractivity contribution in [1.82, 2.24) is 9.97 Å². The average molecular weight is 476 g/mol. The Kier molecular flexibility index (Phi) is 5.66. The second kappa shape index (κ2) is 6.34. The topological polar surface area (TPSA) is 50.4 Å². The van der Waals surface area contributed by atoms with Crippen LogP contribution in [0, 0.1) is 51.3 Å². The molecular weight excluding hydrogens is 461 g/mol. The van der Waals surface area contributed by atoms with Crippen molar-refractivity contribution in [3.63, 3.8) is 0 Å². The molecule has 2 atom stereocenters. The maximum atomic E-state index is 5.27. The Bertz CT molecular complexity index is 452. The van der Waals surface area contributed by atoms with Crippen LogP contribution < -0.4 is 0 Å². The van der Waals surface area contributed by atoms with Crippen LogP contribution in [0.5, 0.6) is 0 Å². The molecule has 2 unspecified atom stereocenters. The zero-order chi connectivity index (χ0) is 11.7. The van der Waals surface area contributed by atoms with Gasteiger partial charge in [-0.25, -0.2) is 4.98 Å². The summed E-state index contributed by atoms with van der Waals surface area (Å²) in [7, 11) is 4.31. The van der Waals surface area contributed by atoms with Gasteiger partial charge in [-0.15, -0.1) is 9.81 Å². The number of hydrogen-bond donors (Lipinski definition) is 0. The number of aryl methyl sites for hydroxylation is 2. The van der Waals surface area contributed by atoms with Crippen molar-refractivity contribution in [2.24, 2.45) is 5.11 Å². The van der Waals surface area contributed by atoms with Gasteiger partial charge in [-0.1, -0.05) is 0 Å². The van der Waals surface area contributed by atoms with Crippen LogP contribution in [0.2, 0.25) is 0 Å². The Labute approximate surface area is 127 Å². The fourth-order valence-corrected chi connectivity index (χ4v) is 2.04. The van der Waals surface area contributed by atoms with Crippen LogP contribution in [-0.4, -0.2) is 28.3 Å². The van der Waals surface area contributed by atoms with Gasteiger partial charge in [0.15, 0.2) is 0 Å². The Hall–Kier alpha value is 0.122. The predicted octanol–water partition coefficient (Wildman–Crippen LogP) is 1.89. The molecule has 0 N–H and O–H groups in total. The molecule has 0 spiro atoms. The Morgan fingerprint density at radius 1 is 1.41 bits per heavy atom. The van der Waals surface area contributed by atoms with Crippen LogP contribution in [0.1, 0.15) is 23.1 Å². The van der Waals surface area contributed by atoms with Crippen molar-refractivity contribution < 1.29 is 40.5 Å². The Balaban J connectivity index is 0.00000144. The first-order chi connectivity index (χ1) is 7.63. The molecule has 0 fully saturated rings. The van der Waals surface area contributed by atoms with Crippen molar-refractivity contribution in [1.29, 1.82) is 0 Å². The molecule has 0 saturated carbocycles. The normalized spacial score (nSPS) is 17.4. The fourth-order valence-electron chi connectivity index (χ4n) is 1.92. The summed E-state index contributed by atoms with van der Waals surface area (Å²) in [6, 6.07) is -0.00241. The van der Waals surface area contributed by atoms with Gasteiger partial charge >= 0.3 is 5.82 Å². The van der Waals surface area contributed by atoms with Crippen molar-refractivity contribution in [3.8, 4) is 0 Å². The van der Waals surface area contributed by atoms with E-state index in [2.05, 4.69) is 24.3 Å². The van der Waals surface area contributed by atoms with Gasteiger partial charge in [-0.2, -0.15) is 6.35 Å². The van der Waals surface area contributed by atoms with Crippen LogP contribution in [-0.2, 0) is 4.74 Å². The summed E-state index contributed by atoms with van der Waals surface area (Å²) in [5, 5.41) is 4.47. The molecule has 1 aromatic rings. The van der Waals surface area contributed by atoms with Crippen molar-refractivity contribution in [3.05, 3.63) is 23.4 Å². The molecule has 0 saturated heterocycles. The third-order valence-electron chi connectivity index (χ3n) is 2.53.